The summed E-state index contributed by atoms with van der Waals surface area (Å²) >= 11 is 0. The number of pyridine rings is 1. The molecule has 1 saturated heterocycles. The van der Waals surface area contributed by atoms with E-state index in [-0.39, 0.29) is 5.92 Å². The molecular weight excluding hydrogens is 384 g/mol. The number of nitrogen functional groups attached to an aromatic ring is 1. The van der Waals surface area contributed by atoms with Gasteiger partial charge in [0.1, 0.15) is 11.3 Å². The number of fused-ring (bicyclic) bond motifs is 1. The number of benzene rings is 2. The maximum absolute atomic E-state index is 6.11. The van der Waals surface area contributed by atoms with Gasteiger partial charge in [0.2, 0.25) is 5.65 Å². The minimum absolute atomic E-state index is 0.200. The SMILES string of the molecule is Nc1cc(C(CCN2CCC(c3ccccc3)CC2)c2ccccc2)c2n[nH]nc2n1. The fraction of sp³-hybridized carbons (Fsp3) is 0.320. The third-order valence-electron chi connectivity index (χ3n) is 6.51. The topological polar surface area (TPSA) is 83.7 Å². The van der Waals surface area contributed by atoms with Gasteiger partial charge in [-0.3, -0.25) is 0 Å². The highest BCUT2D eigenvalue weighted by molar-refractivity contribution is 5.77. The number of nitrogens with one attached hydrogen (secondary N) is 1. The van der Waals surface area contributed by atoms with Crippen molar-refractivity contribution in [2.45, 2.75) is 31.1 Å². The van der Waals surface area contributed by atoms with Crippen LogP contribution in [-0.4, -0.2) is 44.9 Å². The number of likely N-dealkylation sites (tertiary alicyclic amines) is 1. The van der Waals surface area contributed by atoms with Crippen LogP contribution in [0.5, 0.6) is 0 Å². The van der Waals surface area contributed by atoms with Crippen molar-refractivity contribution >= 4 is 17.0 Å². The van der Waals surface area contributed by atoms with Crippen molar-refractivity contribution in [2.75, 3.05) is 25.4 Å². The largest absolute Gasteiger partial charge is 0.384 e. The first kappa shape index (κ1) is 19.7. The lowest BCUT2D eigenvalue weighted by atomic mass is 9.86. The zero-order chi connectivity index (χ0) is 21.0. The summed E-state index contributed by atoms with van der Waals surface area (Å²) in [6.45, 7) is 3.32. The van der Waals surface area contributed by atoms with Crippen molar-refractivity contribution in [3.63, 3.8) is 0 Å². The molecule has 4 aromatic rings. The van der Waals surface area contributed by atoms with Gasteiger partial charge in [-0.05, 0) is 67.6 Å². The Morgan fingerprint density at radius 2 is 1.68 bits per heavy atom. The van der Waals surface area contributed by atoms with Crippen molar-refractivity contribution in [3.05, 3.63) is 83.4 Å². The number of piperidine rings is 1. The molecule has 31 heavy (non-hydrogen) atoms. The van der Waals surface area contributed by atoms with E-state index in [0.29, 0.717) is 17.4 Å². The maximum atomic E-state index is 6.11. The first-order valence-electron chi connectivity index (χ1n) is 11.1. The van der Waals surface area contributed by atoms with Crippen molar-refractivity contribution in [3.8, 4) is 0 Å². The zero-order valence-electron chi connectivity index (χ0n) is 17.6. The van der Waals surface area contributed by atoms with E-state index in [1.54, 1.807) is 0 Å². The van der Waals surface area contributed by atoms with Crippen LogP contribution in [-0.2, 0) is 0 Å². The Bertz CT molecular complexity index is 1120. The summed E-state index contributed by atoms with van der Waals surface area (Å²) in [7, 11) is 0. The number of hydrogen-bond acceptors (Lipinski definition) is 5. The smallest absolute Gasteiger partial charge is 0.203 e. The highest BCUT2D eigenvalue weighted by atomic mass is 15.3. The standard InChI is InChI=1S/C25H28N6/c26-23-17-22(24-25(27-23)29-30-28-24)21(20-9-5-2-6-10-20)13-16-31-14-11-19(12-15-31)18-7-3-1-4-8-18/h1-10,17,19,21H,11-16H2,(H3,26,27,28,29,30). The van der Waals surface area contributed by atoms with Crippen LogP contribution in [0.3, 0.4) is 0 Å². The summed E-state index contributed by atoms with van der Waals surface area (Å²) < 4.78 is 0. The Labute approximate surface area is 182 Å². The van der Waals surface area contributed by atoms with Crippen molar-refractivity contribution in [1.82, 2.24) is 25.3 Å². The molecule has 1 atom stereocenters. The van der Waals surface area contributed by atoms with E-state index in [0.717, 1.165) is 37.1 Å². The first-order valence-corrected chi connectivity index (χ1v) is 11.1. The van der Waals surface area contributed by atoms with Crippen LogP contribution in [0.25, 0.3) is 11.2 Å². The van der Waals surface area contributed by atoms with Gasteiger partial charge >= 0.3 is 0 Å². The zero-order valence-corrected chi connectivity index (χ0v) is 17.6. The molecule has 0 amide bonds. The van der Waals surface area contributed by atoms with Gasteiger partial charge < -0.3 is 10.6 Å². The molecule has 0 bridgehead atoms. The van der Waals surface area contributed by atoms with Crippen LogP contribution >= 0.6 is 0 Å². The lowest BCUT2D eigenvalue weighted by Gasteiger charge is -2.33. The summed E-state index contributed by atoms with van der Waals surface area (Å²) in [5.74, 6) is 1.36. The van der Waals surface area contributed by atoms with E-state index >= 15 is 0 Å². The molecule has 158 valence electrons. The lowest BCUT2D eigenvalue weighted by molar-refractivity contribution is 0.207. The normalized spacial score (nSPS) is 16.5. The van der Waals surface area contributed by atoms with Gasteiger partial charge in [0.05, 0.1) is 0 Å². The average molecular weight is 413 g/mol. The number of nitrogens with two attached hydrogens (primary N) is 1. The predicted molar refractivity (Wildman–Crippen MR) is 124 cm³/mol. The van der Waals surface area contributed by atoms with E-state index in [9.17, 15) is 0 Å². The quantitative estimate of drug-likeness (QED) is 0.492. The van der Waals surface area contributed by atoms with Gasteiger partial charge in [0.15, 0.2) is 0 Å². The minimum atomic E-state index is 0.200. The fourth-order valence-electron chi connectivity index (χ4n) is 4.86. The van der Waals surface area contributed by atoms with Crippen LogP contribution in [0.4, 0.5) is 5.82 Å². The molecule has 1 aliphatic rings. The third-order valence-corrected chi connectivity index (χ3v) is 6.51. The molecule has 3 heterocycles. The molecule has 5 rings (SSSR count). The minimum Gasteiger partial charge on any atom is -0.384 e. The van der Waals surface area contributed by atoms with Crippen molar-refractivity contribution < 1.29 is 0 Å². The Hall–Kier alpha value is -3.25. The van der Waals surface area contributed by atoms with Crippen molar-refractivity contribution in [2.24, 2.45) is 0 Å². The van der Waals surface area contributed by atoms with Crippen LogP contribution in [0.2, 0.25) is 0 Å². The van der Waals surface area contributed by atoms with Gasteiger partial charge in [0, 0.05) is 5.92 Å². The molecule has 6 heteroatoms. The second-order valence-corrected chi connectivity index (χ2v) is 8.41. The van der Waals surface area contributed by atoms with Crippen LogP contribution in [0.15, 0.2) is 66.7 Å². The van der Waals surface area contributed by atoms with Gasteiger partial charge in [-0.25, -0.2) is 4.98 Å². The number of nitrogens with zero attached hydrogens (tertiary/aromatic N) is 4. The number of hydrogen-bond donors (Lipinski definition) is 2. The maximum Gasteiger partial charge on any atom is 0.203 e. The molecule has 0 radical (unpaired) electrons. The Kier molecular flexibility index (Phi) is 5.63. The molecule has 0 saturated carbocycles. The van der Waals surface area contributed by atoms with Crippen LogP contribution in [0, 0.1) is 0 Å². The van der Waals surface area contributed by atoms with E-state index < -0.39 is 0 Å². The molecule has 1 unspecified atom stereocenters. The number of H-pyrrole nitrogens is 1. The molecule has 2 aromatic heterocycles. The Morgan fingerprint density at radius 3 is 2.42 bits per heavy atom. The molecule has 0 aliphatic carbocycles. The van der Waals surface area contributed by atoms with E-state index in [2.05, 4.69) is 86.0 Å². The second-order valence-electron chi connectivity index (χ2n) is 8.41. The number of aromatic nitrogens is 4. The van der Waals surface area contributed by atoms with Crippen LogP contribution in [0.1, 0.15) is 47.8 Å². The van der Waals surface area contributed by atoms with Gasteiger partial charge in [-0.2, -0.15) is 10.3 Å². The predicted octanol–water partition coefficient (Wildman–Crippen LogP) is 4.34. The Morgan fingerprint density at radius 1 is 0.968 bits per heavy atom. The molecule has 1 aliphatic heterocycles. The first-order chi connectivity index (χ1) is 15.3. The highest BCUT2D eigenvalue weighted by Gasteiger charge is 2.24. The van der Waals surface area contributed by atoms with Crippen molar-refractivity contribution in [1.29, 1.82) is 0 Å². The summed E-state index contributed by atoms with van der Waals surface area (Å²) in [6.07, 6.45) is 3.44. The van der Waals surface area contributed by atoms with Gasteiger partial charge in [-0.1, -0.05) is 60.7 Å². The molecule has 1 fully saturated rings. The third kappa shape index (κ3) is 4.30. The van der Waals surface area contributed by atoms with E-state index in [4.69, 9.17) is 5.73 Å². The summed E-state index contributed by atoms with van der Waals surface area (Å²) in [5, 5.41) is 11.3. The van der Waals surface area contributed by atoms with E-state index in [1.165, 1.54) is 24.0 Å². The number of anilines is 1. The number of rotatable bonds is 6. The molecule has 0 spiro atoms. The van der Waals surface area contributed by atoms with Gasteiger partial charge in [-0.15, -0.1) is 5.10 Å². The monoisotopic (exact) mass is 412 g/mol. The lowest BCUT2D eigenvalue weighted by Crippen LogP contribution is -2.34. The molecule has 3 N–H and O–H groups in total. The Balaban J connectivity index is 1.33. The van der Waals surface area contributed by atoms with Crippen LogP contribution < -0.4 is 5.73 Å². The van der Waals surface area contributed by atoms with Gasteiger partial charge in [0.25, 0.3) is 0 Å². The second kappa shape index (κ2) is 8.86. The molecular formula is C25H28N6. The summed E-state index contributed by atoms with van der Waals surface area (Å²) in [4.78, 5) is 6.92. The highest BCUT2D eigenvalue weighted by Crippen LogP contribution is 2.34. The van der Waals surface area contributed by atoms with E-state index in [1.807, 2.05) is 6.07 Å². The fourth-order valence-corrected chi connectivity index (χ4v) is 4.86. The average Bonchev–Trinajstić information content (AvgIpc) is 3.29. The molecule has 2 aromatic carbocycles. The number of aromatic amines is 1. The summed E-state index contributed by atoms with van der Waals surface area (Å²) in [5.41, 5.74) is 11.4. The summed E-state index contributed by atoms with van der Waals surface area (Å²) in [6, 6.07) is 23.5. The molecule has 6 nitrogen and oxygen atoms in total.